The van der Waals surface area contributed by atoms with E-state index < -0.39 is 0 Å². The van der Waals surface area contributed by atoms with E-state index in [1.165, 1.54) is 12.8 Å². The van der Waals surface area contributed by atoms with Crippen LogP contribution in [0.3, 0.4) is 0 Å². The van der Waals surface area contributed by atoms with Crippen LogP contribution in [0.4, 0.5) is 0 Å². The maximum Gasteiger partial charge on any atom is 0.246 e. The lowest BCUT2D eigenvalue weighted by Crippen LogP contribution is -2.62. The summed E-state index contributed by atoms with van der Waals surface area (Å²) in [5, 5.41) is 0. The lowest BCUT2D eigenvalue weighted by molar-refractivity contribution is -0.159. The molecule has 0 N–H and O–H groups in total. The van der Waals surface area contributed by atoms with Crippen LogP contribution < -0.4 is 0 Å². The van der Waals surface area contributed by atoms with Crippen LogP contribution in [0.15, 0.2) is 0 Å². The molecule has 2 heterocycles. The van der Waals surface area contributed by atoms with E-state index in [-0.39, 0.29) is 29.3 Å². The number of hydrogen-bond acceptors (Lipinski definition) is 2. The SMILES string of the molecule is CC1C(=O)N2CCCC2C(=O)N1CC1(C(C)C)CC1. The van der Waals surface area contributed by atoms with E-state index in [0.29, 0.717) is 5.92 Å². The second kappa shape index (κ2) is 4.22. The highest BCUT2D eigenvalue weighted by molar-refractivity contribution is 5.97. The zero-order valence-electron chi connectivity index (χ0n) is 12.2. The molecule has 3 aliphatic rings. The maximum absolute atomic E-state index is 12.6. The van der Waals surface area contributed by atoms with Crippen LogP contribution in [0.2, 0.25) is 0 Å². The Morgan fingerprint density at radius 3 is 2.53 bits per heavy atom. The molecule has 1 aliphatic carbocycles. The first-order valence-electron chi connectivity index (χ1n) is 7.57. The van der Waals surface area contributed by atoms with Crippen molar-refractivity contribution in [3.8, 4) is 0 Å². The third-order valence-electron chi connectivity index (χ3n) is 5.53. The van der Waals surface area contributed by atoms with Crippen molar-refractivity contribution in [2.24, 2.45) is 11.3 Å². The van der Waals surface area contributed by atoms with Gasteiger partial charge in [0.05, 0.1) is 0 Å². The highest BCUT2D eigenvalue weighted by Crippen LogP contribution is 2.53. The Labute approximate surface area is 115 Å². The average Bonchev–Trinajstić information content (AvgIpc) is 3.00. The summed E-state index contributed by atoms with van der Waals surface area (Å²) in [6.07, 6.45) is 4.22. The molecule has 2 saturated heterocycles. The second-order valence-electron chi connectivity index (χ2n) is 6.85. The van der Waals surface area contributed by atoms with E-state index in [2.05, 4.69) is 13.8 Å². The summed E-state index contributed by atoms with van der Waals surface area (Å²) in [6.45, 7) is 7.90. The van der Waals surface area contributed by atoms with Gasteiger partial charge in [-0.2, -0.15) is 0 Å². The molecule has 19 heavy (non-hydrogen) atoms. The summed E-state index contributed by atoms with van der Waals surface area (Å²) in [4.78, 5) is 28.7. The van der Waals surface area contributed by atoms with Crippen LogP contribution in [0.5, 0.6) is 0 Å². The summed E-state index contributed by atoms with van der Waals surface area (Å²) in [5.41, 5.74) is 0.283. The molecule has 106 valence electrons. The molecule has 4 heteroatoms. The summed E-state index contributed by atoms with van der Waals surface area (Å²) in [6, 6.07) is -0.426. The minimum Gasteiger partial charge on any atom is -0.329 e. The largest absolute Gasteiger partial charge is 0.329 e. The quantitative estimate of drug-likeness (QED) is 0.777. The van der Waals surface area contributed by atoms with Crippen molar-refractivity contribution in [1.29, 1.82) is 0 Å². The van der Waals surface area contributed by atoms with Crippen molar-refractivity contribution >= 4 is 11.8 Å². The zero-order valence-corrected chi connectivity index (χ0v) is 12.2. The molecule has 2 aliphatic heterocycles. The monoisotopic (exact) mass is 264 g/mol. The van der Waals surface area contributed by atoms with Crippen LogP contribution in [-0.2, 0) is 9.59 Å². The van der Waals surface area contributed by atoms with Gasteiger partial charge in [0.2, 0.25) is 11.8 Å². The Bertz CT molecular complexity index is 414. The van der Waals surface area contributed by atoms with Gasteiger partial charge in [0, 0.05) is 13.1 Å². The third-order valence-corrected chi connectivity index (χ3v) is 5.53. The molecule has 0 radical (unpaired) electrons. The Kier molecular flexibility index (Phi) is 2.88. The van der Waals surface area contributed by atoms with Crippen molar-refractivity contribution in [2.45, 2.75) is 58.5 Å². The molecular formula is C15H24N2O2. The molecule has 1 saturated carbocycles. The van der Waals surface area contributed by atoms with Crippen LogP contribution in [0.25, 0.3) is 0 Å². The summed E-state index contributed by atoms with van der Waals surface area (Å²) < 4.78 is 0. The van der Waals surface area contributed by atoms with Crippen LogP contribution in [-0.4, -0.2) is 46.8 Å². The Morgan fingerprint density at radius 2 is 1.95 bits per heavy atom. The van der Waals surface area contributed by atoms with E-state index in [0.717, 1.165) is 25.9 Å². The molecule has 0 aromatic heterocycles. The highest BCUT2D eigenvalue weighted by Gasteiger charge is 2.52. The summed E-state index contributed by atoms with van der Waals surface area (Å²) >= 11 is 0. The fourth-order valence-corrected chi connectivity index (χ4v) is 3.68. The predicted octanol–water partition coefficient (Wildman–Crippen LogP) is 1.64. The van der Waals surface area contributed by atoms with Gasteiger partial charge >= 0.3 is 0 Å². The number of carbonyl (C=O) groups excluding carboxylic acids is 2. The fourth-order valence-electron chi connectivity index (χ4n) is 3.68. The minimum atomic E-state index is -0.266. The van der Waals surface area contributed by atoms with Gasteiger partial charge in [0.1, 0.15) is 12.1 Å². The molecular weight excluding hydrogens is 240 g/mol. The topological polar surface area (TPSA) is 40.6 Å². The van der Waals surface area contributed by atoms with E-state index in [1.807, 2.05) is 11.8 Å². The number of rotatable bonds is 3. The Morgan fingerprint density at radius 1 is 1.26 bits per heavy atom. The van der Waals surface area contributed by atoms with Gasteiger partial charge in [-0.15, -0.1) is 0 Å². The van der Waals surface area contributed by atoms with Crippen molar-refractivity contribution in [1.82, 2.24) is 9.80 Å². The first kappa shape index (κ1) is 12.9. The van der Waals surface area contributed by atoms with Crippen molar-refractivity contribution in [3.05, 3.63) is 0 Å². The van der Waals surface area contributed by atoms with Crippen molar-refractivity contribution in [3.63, 3.8) is 0 Å². The number of carbonyl (C=O) groups is 2. The highest BCUT2D eigenvalue weighted by atomic mass is 16.2. The molecule has 0 aromatic carbocycles. The molecule has 4 nitrogen and oxygen atoms in total. The normalized spacial score (nSPS) is 33.1. The van der Waals surface area contributed by atoms with E-state index in [1.54, 1.807) is 4.90 Å². The fraction of sp³-hybridized carbons (Fsp3) is 0.867. The van der Waals surface area contributed by atoms with E-state index in [4.69, 9.17) is 0 Å². The first-order chi connectivity index (χ1) is 8.96. The number of fused-ring (bicyclic) bond motifs is 1. The Hall–Kier alpha value is -1.06. The lowest BCUT2D eigenvalue weighted by atomic mass is 9.90. The van der Waals surface area contributed by atoms with Crippen LogP contribution in [0, 0.1) is 11.3 Å². The number of amides is 2. The smallest absolute Gasteiger partial charge is 0.246 e. The van der Waals surface area contributed by atoms with Gasteiger partial charge in [-0.1, -0.05) is 13.8 Å². The van der Waals surface area contributed by atoms with Crippen LogP contribution >= 0.6 is 0 Å². The molecule has 0 aromatic rings. The summed E-state index contributed by atoms with van der Waals surface area (Å²) in [5.74, 6) is 0.933. The zero-order chi connectivity index (χ0) is 13.8. The molecule has 3 rings (SSSR count). The standard InChI is InChI=1S/C15H24N2O2/c1-10(2)15(6-7-15)9-17-11(3)13(18)16-8-4-5-12(16)14(17)19/h10-12H,4-9H2,1-3H3. The summed E-state index contributed by atoms with van der Waals surface area (Å²) in [7, 11) is 0. The van der Waals surface area contributed by atoms with E-state index >= 15 is 0 Å². The van der Waals surface area contributed by atoms with Gasteiger partial charge in [-0.05, 0) is 43.9 Å². The average molecular weight is 264 g/mol. The maximum atomic E-state index is 12.6. The second-order valence-corrected chi connectivity index (χ2v) is 6.85. The molecule has 0 bridgehead atoms. The molecule has 2 atom stereocenters. The molecule has 2 amide bonds. The van der Waals surface area contributed by atoms with Crippen LogP contribution in [0.1, 0.15) is 46.5 Å². The third kappa shape index (κ3) is 1.87. The molecule has 2 unspecified atom stereocenters. The number of piperazine rings is 1. The molecule has 3 fully saturated rings. The van der Waals surface area contributed by atoms with Gasteiger partial charge in [-0.3, -0.25) is 9.59 Å². The van der Waals surface area contributed by atoms with Crippen molar-refractivity contribution < 1.29 is 9.59 Å². The Balaban J connectivity index is 1.81. The first-order valence-corrected chi connectivity index (χ1v) is 7.57. The number of nitrogens with zero attached hydrogens (tertiary/aromatic N) is 2. The van der Waals surface area contributed by atoms with Gasteiger partial charge in [0.25, 0.3) is 0 Å². The van der Waals surface area contributed by atoms with Gasteiger partial charge in [0.15, 0.2) is 0 Å². The van der Waals surface area contributed by atoms with Gasteiger partial charge in [-0.25, -0.2) is 0 Å². The lowest BCUT2D eigenvalue weighted by Gasteiger charge is -2.43. The predicted molar refractivity (Wildman–Crippen MR) is 72.4 cm³/mol. The van der Waals surface area contributed by atoms with Gasteiger partial charge < -0.3 is 9.80 Å². The van der Waals surface area contributed by atoms with Crippen molar-refractivity contribution in [2.75, 3.05) is 13.1 Å². The number of hydrogen-bond donors (Lipinski definition) is 0. The molecule has 0 spiro atoms. The van der Waals surface area contributed by atoms with E-state index in [9.17, 15) is 9.59 Å². The minimum absolute atomic E-state index is 0.154.